The Hall–Kier alpha value is -2.08. The molecule has 0 radical (unpaired) electrons. The van der Waals surface area contributed by atoms with E-state index in [1.165, 1.54) is 12.7 Å². The van der Waals surface area contributed by atoms with Crippen LogP contribution in [-0.4, -0.2) is 45.3 Å². The summed E-state index contributed by atoms with van der Waals surface area (Å²) < 4.78 is 10.4. The highest BCUT2D eigenvalue weighted by Gasteiger charge is 2.04. The summed E-state index contributed by atoms with van der Waals surface area (Å²) >= 11 is 0. The average molecular weight is 364 g/mol. The third-order valence-corrected chi connectivity index (χ3v) is 3.75. The Morgan fingerprint density at radius 1 is 1.19 bits per heavy atom. The number of hydrogen-bond acceptors (Lipinski definition) is 4. The summed E-state index contributed by atoms with van der Waals surface area (Å²) in [4.78, 5) is 15.7. The van der Waals surface area contributed by atoms with Gasteiger partial charge in [0.1, 0.15) is 0 Å². The van der Waals surface area contributed by atoms with E-state index in [0.29, 0.717) is 32.1 Å². The third-order valence-electron chi connectivity index (χ3n) is 3.75. The predicted molar refractivity (Wildman–Crippen MR) is 105 cm³/mol. The second-order valence-corrected chi connectivity index (χ2v) is 6.29. The molecule has 0 saturated carbocycles. The monoisotopic (exact) mass is 363 g/mol. The zero-order chi connectivity index (χ0) is 19.0. The first-order chi connectivity index (χ1) is 12.7. The summed E-state index contributed by atoms with van der Waals surface area (Å²) in [6.07, 6.45) is 2.17. The number of benzene rings is 1. The molecule has 1 atom stereocenters. The van der Waals surface area contributed by atoms with Crippen molar-refractivity contribution >= 4 is 11.9 Å². The zero-order valence-electron chi connectivity index (χ0n) is 16.3. The van der Waals surface area contributed by atoms with E-state index in [1.54, 1.807) is 0 Å². The molecule has 0 heterocycles. The van der Waals surface area contributed by atoms with Gasteiger partial charge in [0.15, 0.2) is 5.96 Å². The molecule has 6 nitrogen and oxygen atoms in total. The van der Waals surface area contributed by atoms with Crippen molar-refractivity contribution in [3.05, 3.63) is 35.9 Å². The standard InChI is InChI=1S/C20H33N3O3/c1-4-21-20(22-13-9-8-12-19(24)25-3)23-14-17(2)15-26-16-18-10-6-5-7-11-18/h5-7,10-11,17H,4,8-9,12-16H2,1-3H3,(H2,21,22,23). The third kappa shape index (κ3) is 10.7. The van der Waals surface area contributed by atoms with Crippen LogP contribution < -0.4 is 10.6 Å². The van der Waals surface area contributed by atoms with E-state index in [1.807, 2.05) is 25.1 Å². The van der Waals surface area contributed by atoms with Gasteiger partial charge >= 0.3 is 5.97 Å². The molecular weight excluding hydrogens is 330 g/mol. The Kier molecular flexibility index (Phi) is 11.9. The minimum atomic E-state index is -0.157. The lowest BCUT2D eigenvalue weighted by Gasteiger charge is -2.14. The number of ether oxygens (including phenoxy) is 2. The van der Waals surface area contributed by atoms with Crippen molar-refractivity contribution in [1.29, 1.82) is 0 Å². The Labute approximate surface area is 157 Å². The van der Waals surface area contributed by atoms with E-state index >= 15 is 0 Å². The minimum Gasteiger partial charge on any atom is -0.469 e. The summed E-state index contributed by atoms with van der Waals surface area (Å²) in [5.74, 6) is 0.990. The second kappa shape index (κ2) is 14.1. The summed E-state index contributed by atoms with van der Waals surface area (Å²) in [5.41, 5.74) is 1.19. The van der Waals surface area contributed by atoms with Crippen molar-refractivity contribution in [2.75, 3.05) is 33.4 Å². The molecule has 0 fully saturated rings. The molecule has 0 aliphatic carbocycles. The van der Waals surface area contributed by atoms with Gasteiger partial charge in [0, 0.05) is 26.1 Å². The highest BCUT2D eigenvalue weighted by molar-refractivity contribution is 5.79. The van der Waals surface area contributed by atoms with Crippen molar-refractivity contribution in [2.24, 2.45) is 10.9 Å². The van der Waals surface area contributed by atoms with Crippen LogP contribution in [0.15, 0.2) is 35.3 Å². The number of guanidine groups is 1. The van der Waals surface area contributed by atoms with Gasteiger partial charge in [-0.15, -0.1) is 0 Å². The summed E-state index contributed by atoms with van der Waals surface area (Å²) in [6.45, 7) is 7.78. The van der Waals surface area contributed by atoms with E-state index in [-0.39, 0.29) is 5.97 Å². The van der Waals surface area contributed by atoms with E-state index < -0.39 is 0 Å². The van der Waals surface area contributed by atoms with Crippen molar-refractivity contribution in [3.8, 4) is 0 Å². The molecule has 0 spiro atoms. The molecule has 1 aromatic carbocycles. The second-order valence-electron chi connectivity index (χ2n) is 6.29. The summed E-state index contributed by atoms with van der Waals surface area (Å²) in [5, 5.41) is 6.53. The van der Waals surface area contributed by atoms with Gasteiger partial charge in [-0.2, -0.15) is 0 Å². The first-order valence-corrected chi connectivity index (χ1v) is 9.36. The molecule has 0 saturated heterocycles. The number of aliphatic imine (C=N–C) groups is 1. The van der Waals surface area contributed by atoms with Crippen LogP contribution in [0.2, 0.25) is 0 Å². The lowest BCUT2D eigenvalue weighted by molar-refractivity contribution is -0.140. The van der Waals surface area contributed by atoms with Crippen molar-refractivity contribution < 1.29 is 14.3 Å². The molecule has 0 bridgehead atoms. The number of methoxy groups -OCH3 is 1. The number of carbonyl (C=O) groups is 1. The maximum atomic E-state index is 11.1. The highest BCUT2D eigenvalue weighted by Crippen LogP contribution is 2.03. The number of esters is 1. The van der Waals surface area contributed by atoms with Crippen LogP contribution in [0.1, 0.15) is 38.7 Å². The van der Waals surface area contributed by atoms with Gasteiger partial charge in [-0.05, 0) is 31.2 Å². The topological polar surface area (TPSA) is 72.0 Å². The van der Waals surface area contributed by atoms with Crippen LogP contribution in [0, 0.1) is 5.92 Å². The highest BCUT2D eigenvalue weighted by atomic mass is 16.5. The quantitative estimate of drug-likeness (QED) is 0.259. The van der Waals surface area contributed by atoms with Gasteiger partial charge in [0.2, 0.25) is 0 Å². The van der Waals surface area contributed by atoms with E-state index in [0.717, 1.165) is 31.9 Å². The van der Waals surface area contributed by atoms with E-state index in [9.17, 15) is 4.79 Å². The fraction of sp³-hybridized carbons (Fsp3) is 0.600. The molecule has 0 amide bonds. The van der Waals surface area contributed by atoms with Gasteiger partial charge < -0.3 is 20.1 Å². The fourth-order valence-electron chi connectivity index (χ4n) is 2.30. The van der Waals surface area contributed by atoms with E-state index in [4.69, 9.17) is 4.74 Å². The predicted octanol–water partition coefficient (Wildman–Crippen LogP) is 2.74. The van der Waals surface area contributed by atoms with Gasteiger partial charge in [0.25, 0.3) is 0 Å². The van der Waals surface area contributed by atoms with Gasteiger partial charge in [-0.25, -0.2) is 0 Å². The molecule has 0 aromatic heterocycles. The number of rotatable bonds is 12. The van der Waals surface area contributed by atoms with Gasteiger partial charge in [-0.1, -0.05) is 37.3 Å². The Morgan fingerprint density at radius 3 is 2.65 bits per heavy atom. The lowest BCUT2D eigenvalue weighted by atomic mass is 10.2. The molecule has 2 N–H and O–H groups in total. The molecule has 1 unspecified atom stereocenters. The molecule has 26 heavy (non-hydrogen) atoms. The number of hydrogen-bond donors (Lipinski definition) is 2. The molecule has 6 heteroatoms. The van der Waals surface area contributed by atoms with E-state index in [2.05, 4.69) is 39.4 Å². The molecule has 0 aliphatic heterocycles. The van der Waals surface area contributed by atoms with Crippen LogP contribution in [0.3, 0.4) is 0 Å². The maximum absolute atomic E-state index is 11.1. The van der Waals surface area contributed by atoms with Crippen LogP contribution in [0.5, 0.6) is 0 Å². The van der Waals surface area contributed by atoms with Crippen molar-refractivity contribution in [1.82, 2.24) is 10.6 Å². The van der Waals surface area contributed by atoms with Crippen LogP contribution in [0.25, 0.3) is 0 Å². The lowest BCUT2D eigenvalue weighted by Crippen LogP contribution is -2.38. The van der Waals surface area contributed by atoms with Crippen molar-refractivity contribution in [3.63, 3.8) is 0 Å². The normalized spacial score (nSPS) is 12.5. The summed E-state index contributed by atoms with van der Waals surface area (Å²) in [7, 11) is 1.42. The Morgan fingerprint density at radius 2 is 1.96 bits per heavy atom. The molecule has 1 aromatic rings. The first kappa shape index (κ1) is 22.0. The summed E-state index contributed by atoms with van der Waals surface area (Å²) in [6, 6.07) is 10.2. The smallest absolute Gasteiger partial charge is 0.305 e. The molecule has 1 rings (SSSR count). The fourth-order valence-corrected chi connectivity index (χ4v) is 2.30. The maximum Gasteiger partial charge on any atom is 0.305 e. The Balaban J connectivity index is 2.23. The number of nitrogens with zero attached hydrogens (tertiary/aromatic N) is 1. The average Bonchev–Trinajstić information content (AvgIpc) is 2.66. The van der Waals surface area contributed by atoms with Crippen LogP contribution >= 0.6 is 0 Å². The number of nitrogens with one attached hydrogen (secondary N) is 2. The largest absolute Gasteiger partial charge is 0.469 e. The first-order valence-electron chi connectivity index (χ1n) is 9.36. The van der Waals surface area contributed by atoms with Crippen LogP contribution in [-0.2, 0) is 20.9 Å². The Bertz CT molecular complexity index is 520. The zero-order valence-corrected chi connectivity index (χ0v) is 16.3. The number of carbonyl (C=O) groups excluding carboxylic acids is 1. The molecule has 0 aliphatic rings. The SMILES string of the molecule is CCNC(=NCC(C)COCc1ccccc1)NCCCCC(=O)OC. The number of unbranched alkanes of at least 4 members (excludes halogenated alkanes) is 1. The van der Waals surface area contributed by atoms with Gasteiger partial charge in [0.05, 0.1) is 20.3 Å². The molecule has 146 valence electrons. The minimum absolute atomic E-state index is 0.157. The van der Waals surface area contributed by atoms with Crippen molar-refractivity contribution in [2.45, 2.75) is 39.7 Å². The molecular formula is C20H33N3O3. The van der Waals surface area contributed by atoms with Gasteiger partial charge in [-0.3, -0.25) is 9.79 Å². The van der Waals surface area contributed by atoms with Crippen LogP contribution in [0.4, 0.5) is 0 Å².